The minimum atomic E-state index is -0.923. The summed E-state index contributed by atoms with van der Waals surface area (Å²) in [6, 6.07) is 62.1. The molecule has 558 valence electrons. The number of aromatic carboxylic acids is 6. The van der Waals surface area contributed by atoms with Gasteiger partial charge < -0.3 is 59.1 Å². The molecule has 0 unspecified atom stereocenters. The van der Waals surface area contributed by atoms with Gasteiger partial charge in [0.1, 0.15) is 34.5 Å². The first kappa shape index (κ1) is 86.2. The molecule has 6 aromatic carbocycles. The van der Waals surface area contributed by atoms with Crippen LogP contribution in [0.1, 0.15) is 95.5 Å². The van der Waals surface area contributed by atoms with Crippen molar-refractivity contribution in [3.63, 3.8) is 0 Å². The number of benzene rings is 6. The van der Waals surface area contributed by atoms with Gasteiger partial charge >= 0.3 is 35.8 Å². The van der Waals surface area contributed by atoms with Crippen molar-refractivity contribution in [1.82, 2.24) is 29.9 Å². The highest BCUT2D eigenvalue weighted by atomic mass is 16.5. The second kappa shape index (κ2) is 51.1. The van der Waals surface area contributed by atoms with Crippen molar-refractivity contribution >= 4 is 35.8 Å². The molecule has 0 aliphatic rings. The molecule has 0 radical (unpaired) electrons. The third-order valence-corrected chi connectivity index (χ3v) is 14.6. The number of aryl methyl sites for hydroxylation is 6. The van der Waals surface area contributed by atoms with Crippen molar-refractivity contribution in [1.29, 1.82) is 0 Å². The van der Waals surface area contributed by atoms with Gasteiger partial charge in [-0.2, -0.15) is 0 Å². The first-order valence-electron chi connectivity index (χ1n) is 32.9. The molecular weight excluding hydrogens is 1380 g/mol. The molecule has 0 aliphatic carbocycles. The van der Waals surface area contributed by atoms with Gasteiger partial charge in [0.2, 0.25) is 0 Å². The molecule has 108 heavy (non-hydrogen) atoms. The predicted octanol–water partition coefficient (Wildman–Crippen LogP) is 15.1. The zero-order valence-corrected chi connectivity index (χ0v) is 60.2. The lowest BCUT2D eigenvalue weighted by atomic mass is 10.1. The number of ether oxygens (including phenoxy) is 6. The number of methoxy groups -OCH3 is 6. The largest absolute Gasteiger partial charge is 0.497 e. The fourth-order valence-corrected chi connectivity index (χ4v) is 8.56. The Labute approximate surface area is 625 Å². The number of carboxylic acid groups (broad SMARTS) is 6. The molecule has 24 heteroatoms. The summed E-state index contributed by atoms with van der Waals surface area (Å²) >= 11 is 0. The maximum absolute atomic E-state index is 10.4. The number of nitrogens with zero attached hydrogens (tertiary/aromatic N) is 6. The Hall–Kier alpha value is -14.2. The zero-order chi connectivity index (χ0) is 78.5. The van der Waals surface area contributed by atoms with Gasteiger partial charge in [-0.05, 0) is 290 Å². The SMILES string of the molecule is COc1ccc(C(=O)O)cc1.COc1ccc(C(=O)O)cc1.COc1ccc(C(=O)O)cc1.COc1ccc(C(=O)O)cc1.COc1ccc(C(=O)O)cc1.COc1ccc(C(=O)O)cc1.c1cc(CCc2ccncc2)ccn1.c1cc(CCc2ccncc2)ccn1.c1cc(CCc2ccncc2)ccn1. The van der Waals surface area contributed by atoms with Crippen LogP contribution in [0.3, 0.4) is 0 Å². The molecule has 0 spiro atoms. The summed E-state index contributed by atoms with van der Waals surface area (Å²) in [6.45, 7) is 0. The molecule has 6 heterocycles. The topological polar surface area (TPSA) is 357 Å². The Morgan fingerprint density at radius 2 is 0.296 bits per heavy atom. The first-order valence-corrected chi connectivity index (χ1v) is 32.9. The predicted molar refractivity (Wildman–Crippen MR) is 407 cm³/mol. The van der Waals surface area contributed by atoms with Crippen LogP contribution in [0.4, 0.5) is 0 Å². The average Bonchev–Trinajstić information content (AvgIpc) is 0.923. The lowest BCUT2D eigenvalue weighted by Gasteiger charge is -2.00. The van der Waals surface area contributed by atoms with E-state index < -0.39 is 35.8 Å². The Morgan fingerprint density at radius 3 is 0.380 bits per heavy atom. The quantitative estimate of drug-likeness (QED) is 0.0389. The Morgan fingerprint density at radius 1 is 0.194 bits per heavy atom. The van der Waals surface area contributed by atoms with E-state index in [-0.39, 0.29) is 33.4 Å². The van der Waals surface area contributed by atoms with Gasteiger partial charge in [0.15, 0.2) is 0 Å². The fraction of sp³-hybridized carbons (Fsp3) is 0.143. The number of rotatable bonds is 21. The minimum absolute atomic E-state index is 0.269. The molecule has 24 nitrogen and oxygen atoms in total. The molecule has 6 N–H and O–H groups in total. The molecule has 0 bridgehead atoms. The van der Waals surface area contributed by atoms with Gasteiger partial charge in [0.25, 0.3) is 0 Å². The van der Waals surface area contributed by atoms with Crippen molar-refractivity contribution < 1.29 is 87.8 Å². The fourth-order valence-electron chi connectivity index (χ4n) is 8.56. The van der Waals surface area contributed by atoms with Crippen LogP contribution >= 0.6 is 0 Å². The second-order valence-corrected chi connectivity index (χ2v) is 21.8. The van der Waals surface area contributed by atoms with E-state index >= 15 is 0 Å². The molecule has 0 saturated carbocycles. The molecule has 0 fully saturated rings. The number of carboxylic acids is 6. The summed E-state index contributed by atoms with van der Waals surface area (Å²) in [4.78, 5) is 86.1. The maximum Gasteiger partial charge on any atom is 0.335 e. The summed E-state index contributed by atoms with van der Waals surface area (Å²) in [7, 11) is 9.22. The monoisotopic (exact) mass is 1460 g/mol. The van der Waals surface area contributed by atoms with Gasteiger partial charge in [-0.15, -0.1) is 0 Å². The van der Waals surface area contributed by atoms with Gasteiger partial charge in [-0.25, -0.2) is 28.8 Å². The molecule has 0 atom stereocenters. The summed E-state index contributed by atoms with van der Waals surface area (Å²) in [5.74, 6) is -1.57. The normalized spacial score (nSPS) is 9.50. The van der Waals surface area contributed by atoms with Crippen LogP contribution in [0.2, 0.25) is 0 Å². The van der Waals surface area contributed by atoms with Crippen LogP contribution in [-0.4, -0.2) is 139 Å². The van der Waals surface area contributed by atoms with Gasteiger partial charge in [-0.1, -0.05) is 0 Å². The number of pyridine rings is 6. The number of aromatic nitrogens is 6. The van der Waals surface area contributed by atoms with Crippen molar-refractivity contribution in [2.45, 2.75) is 38.5 Å². The summed E-state index contributed by atoms with van der Waals surface area (Å²) in [5.41, 5.74) is 9.60. The van der Waals surface area contributed by atoms with Crippen LogP contribution in [0.15, 0.2) is 293 Å². The van der Waals surface area contributed by atoms with E-state index in [0.717, 1.165) is 38.5 Å². The highest BCUT2D eigenvalue weighted by Crippen LogP contribution is 2.17. The number of carbonyl (C=O) groups is 6. The van der Waals surface area contributed by atoms with Gasteiger partial charge in [0, 0.05) is 74.4 Å². The van der Waals surface area contributed by atoms with E-state index in [1.165, 1.54) is 149 Å². The van der Waals surface area contributed by atoms with Crippen LogP contribution in [-0.2, 0) is 38.5 Å². The molecule has 0 amide bonds. The standard InChI is InChI=1S/3C12H12N2.6C8H8O3/c3*1(11-3-7-13-8-4-11)2-12-5-9-14-10-6-12;6*1-11-7-4-2-6(3-5-7)8(9)10/h3*3-10H,1-2H2;6*2-5H,1H3,(H,9,10). The summed E-state index contributed by atoms with van der Waals surface area (Å²) in [5, 5.41) is 51.0. The van der Waals surface area contributed by atoms with Crippen molar-refractivity contribution in [3.05, 3.63) is 360 Å². The van der Waals surface area contributed by atoms with E-state index in [0.29, 0.717) is 34.5 Å². The summed E-state index contributed by atoms with van der Waals surface area (Å²) in [6.07, 6.45) is 28.4. The van der Waals surface area contributed by atoms with E-state index in [4.69, 9.17) is 59.1 Å². The van der Waals surface area contributed by atoms with Crippen LogP contribution in [0, 0.1) is 0 Å². The van der Waals surface area contributed by atoms with Crippen molar-refractivity contribution in [3.8, 4) is 34.5 Å². The van der Waals surface area contributed by atoms with Crippen LogP contribution in [0.5, 0.6) is 34.5 Å². The molecule has 0 saturated heterocycles. The van der Waals surface area contributed by atoms with E-state index in [1.54, 1.807) is 72.8 Å². The average molecular weight is 1470 g/mol. The number of hydrogen-bond donors (Lipinski definition) is 6. The highest BCUT2D eigenvalue weighted by molar-refractivity contribution is 5.90. The minimum Gasteiger partial charge on any atom is -0.497 e. The second-order valence-electron chi connectivity index (χ2n) is 21.8. The lowest BCUT2D eigenvalue weighted by molar-refractivity contribution is 0.0686. The smallest absolute Gasteiger partial charge is 0.335 e. The van der Waals surface area contributed by atoms with Gasteiger partial charge in [0.05, 0.1) is 76.0 Å². The van der Waals surface area contributed by atoms with Gasteiger partial charge in [-0.3, -0.25) is 29.9 Å². The molecule has 6 aromatic heterocycles. The van der Waals surface area contributed by atoms with Crippen molar-refractivity contribution in [2.75, 3.05) is 42.7 Å². The maximum atomic E-state index is 10.4. The Bertz CT molecular complexity index is 3720. The third kappa shape index (κ3) is 36.1. The summed E-state index contributed by atoms with van der Waals surface area (Å²) < 4.78 is 29.1. The molecule has 12 aromatic rings. The lowest BCUT2D eigenvalue weighted by Crippen LogP contribution is -1.95. The van der Waals surface area contributed by atoms with Crippen LogP contribution in [0.25, 0.3) is 0 Å². The number of hydrogen-bond acceptors (Lipinski definition) is 18. The first-order chi connectivity index (χ1) is 52.3. The van der Waals surface area contributed by atoms with Crippen LogP contribution < -0.4 is 28.4 Å². The third-order valence-electron chi connectivity index (χ3n) is 14.6. The Balaban J connectivity index is 0.000000257. The highest BCUT2D eigenvalue weighted by Gasteiger charge is 2.06. The van der Waals surface area contributed by atoms with E-state index in [9.17, 15) is 28.8 Å². The zero-order valence-electron chi connectivity index (χ0n) is 60.2. The van der Waals surface area contributed by atoms with E-state index in [2.05, 4.69) is 103 Å². The Kier molecular flexibility index (Phi) is 40.8. The molecule has 0 aliphatic heterocycles. The van der Waals surface area contributed by atoms with E-state index in [1.807, 2.05) is 74.4 Å². The molecule has 12 rings (SSSR count). The molecular formula is C84H84N6O18. The van der Waals surface area contributed by atoms with Crippen molar-refractivity contribution in [2.24, 2.45) is 0 Å².